The molecule has 1 aromatic heterocycles. The van der Waals surface area contributed by atoms with Gasteiger partial charge in [-0.15, -0.1) is 0 Å². The molecule has 0 saturated carbocycles. The van der Waals surface area contributed by atoms with Crippen molar-refractivity contribution in [1.29, 1.82) is 0 Å². The fourth-order valence-corrected chi connectivity index (χ4v) is 4.14. The maximum Gasteiger partial charge on any atom is 0.266 e. The number of aromatic nitrogens is 2. The first-order valence-corrected chi connectivity index (χ1v) is 8.25. The molecule has 7 heteroatoms. The number of fused-ring (bicyclic) bond motifs is 3. The Morgan fingerprint density at radius 1 is 1.00 bits per heavy atom. The third-order valence-corrected chi connectivity index (χ3v) is 5.58. The summed E-state index contributed by atoms with van der Waals surface area (Å²) in [6.45, 7) is 0.878. The second kappa shape index (κ2) is 4.54. The summed E-state index contributed by atoms with van der Waals surface area (Å²) in [5.41, 5.74) is 1.67. The summed E-state index contributed by atoms with van der Waals surface area (Å²) in [5, 5.41) is 0. The van der Waals surface area contributed by atoms with Gasteiger partial charge in [-0.2, -0.15) is 0 Å². The number of benzene rings is 2. The number of halogens is 1. The molecule has 0 atom stereocenters. The molecule has 0 amide bonds. The summed E-state index contributed by atoms with van der Waals surface area (Å²) < 4.78 is 41.6. The number of rotatable bonds is 2. The zero-order valence-electron chi connectivity index (χ0n) is 11.5. The summed E-state index contributed by atoms with van der Waals surface area (Å²) >= 11 is 0. The molecule has 1 aliphatic heterocycles. The Labute approximate surface area is 126 Å². The SMILES string of the molecule is O=S(=O)(c1ccc(F)cc1)N1CCn2c1nc1ccccc12. The van der Waals surface area contributed by atoms with Gasteiger partial charge in [0, 0.05) is 6.54 Å². The van der Waals surface area contributed by atoms with E-state index in [9.17, 15) is 12.8 Å². The fourth-order valence-electron chi connectivity index (χ4n) is 2.73. The van der Waals surface area contributed by atoms with Crippen LogP contribution in [-0.4, -0.2) is 24.5 Å². The van der Waals surface area contributed by atoms with E-state index in [1.807, 2.05) is 28.8 Å². The number of anilines is 1. The highest BCUT2D eigenvalue weighted by Crippen LogP contribution is 2.31. The Morgan fingerprint density at radius 2 is 1.73 bits per heavy atom. The van der Waals surface area contributed by atoms with Gasteiger partial charge in [-0.05, 0) is 36.4 Å². The Kier molecular flexibility index (Phi) is 2.74. The van der Waals surface area contributed by atoms with Gasteiger partial charge in [0.2, 0.25) is 5.95 Å². The number of para-hydroxylation sites is 2. The van der Waals surface area contributed by atoms with Gasteiger partial charge in [-0.3, -0.25) is 0 Å². The largest absolute Gasteiger partial charge is 0.307 e. The highest BCUT2D eigenvalue weighted by molar-refractivity contribution is 7.92. The van der Waals surface area contributed by atoms with Crippen LogP contribution in [0.25, 0.3) is 11.0 Å². The summed E-state index contributed by atoms with van der Waals surface area (Å²) in [6, 6.07) is 12.4. The van der Waals surface area contributed by atoms with Crippen LogP contribution in [0.15, 0.2) is 53.4 Å². The molecule has 2 heterocycles. The molecular weight excluding hydrogens is 305 g/mol. The molecule has 0 spiro atoms. The quantitative estimate of drug-likeness (QED) is 0.729. The number of sulfonamides is 1. The lowest BCUT2D eigenvalue weighted by Crippen LogP contribution is -2.29. The summed E-state index contributed by atoms with van der Waals surface area (Å²) in [7, 11) is -3.73. The molecule has 0 fully saturated rings. The molecular formula is C15H12FN3O2S. The molecule has 5 nitrogen and oxygen atoms in total. The van der Waals surface area contributed by atoms with E-state index < -0.39 is 15.8 Å². The monoisotopic (exact) mass is 317 g/mol. The second-order valence-electron chi connectivity index (χ2n) is 5.08. The first-order chi connectivity index (χ1) is 10.6. The molecule has 0 unspecified atom stereocenters. The van der Waals surface area contributed by atoms with E-state index >= 15 is 0 Å². The maximum atomic E-state index is 13.0. The smallest absolute Gasteiger partial charge is 0.266 e. The standard InChI is InChI=1S/C15H12FN3O2S/c16-11-5-7-12(8-6-11)22(20,21)19-10-9-18-14-4-2-1-3-13(14)17-15(18)19/h1-8H,9-10H2. The van der Waals surface area contributed by atoms with Crippen LogP contribution in [0.3, 0.4) is 0 Å². The maximum absolute atomic E-state index is 13.0. The minimum Gasteiger partial charge on any atom is -0.307 e. The molecule has 0 bridgehead atoms. The lowest BCUT2D eigenvalue weighted by Gasteiger charge is -2.16. The van der Waals surface area contributed by atoms with Crippen LogP contribution < -0.4 is 4.31 Å². The average Bonchev–Trinajstić information content (AvgIpc) is 3.06. The highest BCUT2D eigenvalue weighted by atomic mass is 32.2. The van der Waals surface area contributed by atoms with Gasteiger partial charge in [0.25, 0.3) is 10.0 Å². The van der Waals surface area contributed by atoms with E-state index in [0.717, 1.165) is 23.2 Å². The molecule has 1 aliphatic rings. The van der Waals surface area contributed by atoms with Crippen LogP contribution in [0.1, 0.15) is 0 Å². The van der Waals surface area contributed by atoms with Gasteiger partial charge in [0.15, 0.2) is 0 Å². The number of nitrogens with zero attached hydrogens (tertiary/aromatic N) is 3. The van der Waals surface area contributed by atoms with Crippen molar-refractivity contribution >= 4 is 27.0 Å². The molecule has 0 radical (unpaired) electrons. The fraction of sp³-hybridized carbons (Fsp3) is 0.133. The van der Waals surface area contributed by atoms with E-state index in [1.165, 1.54) is 16.4 Å². The Balaban J connectivity index is 1.84. The average molecular weight is 317 g/mol. The van der Waals surface area contributed by atoms with Crippen LogP contribution in [0, 0.1) is 5.82 Å². The molecule has 0 saturated heterocycles. The predicted molar refractivity (Wildman–Crippen MR) is 80.7 cm³/mol. The van der Waals surface area contributed by atoms with Crippen LogP contribution in [-0.2, 0) is 16.6 Å². The Bertz CT molecular complexity index is 964. The third kappa shape index (κ3) is 1.82. The lowest BCUT2D eigenvalue weighted by atomic mass is 10.3. The van der Waals surface area contributed by atoms with E-state index in [1.54, 1.807) is 0 Å². The molecule has 0 N–H and O–H groups in total. The van der Waals surface area contributed by atoms with Gasteiger partial charge in [-0.1, -0.05) is 12.1 Å². The number of imidazole rings is 1. The van der Waals surface area contributed by atoms with Gasteiger partial charge < -0.3 is 4.57 Å². The normalized spacial score (nSPS) is 14.5. The highest BCUT2D eigenvalue weighted by Gasteiger charge is 2.33. The van der Waals surface area contributed by atoms with E-state index in [-0.39, 0.29) is 4.90 Å². The van der Waals surface area contributed by atoms with Crippen molar-refractivity contribution in [3.05, 3.63) is 54.3 Å². The van der Waals surface area contributed by atoms with Crippen LogP contribution in [0.5, 0.6) is 0 Å². The summed E-state index contributed by atoms with van der Waals surface area (Å²) in [6.07, 6.45) is 0. The topological polar surface area (TPSA) is 55.2 Å². The van der Waals surface area contributed by atoms with Crippen molar-refractivity contribution in [1.82, 2.24) is 9.55 Å². The molecule has 4 rings (SSSR count). The van der Waals surface area contributed by atoms with Crippen molar-refractivity contribution in [3.63, 3.8) is 0 Å². The third-order valence-electron chi connectivity index (χ3n) is 3.79. The zero-order valence-corrected chi connectivity index (χ0v) is 12.3. The Morgan fingerprint density at radius 3 is 2.50 bits per heavy atom. The van der Waals surface area contributed by atoms with Crippen LogP contribution in [0.4, 0.5) is 10.3 Å². The van der Waals surface area contributed by atoms with Crippen molar-refractivity contribution in [2.24, 2.45) is 0 Å². The first kappa shape index (κ1) is 13.3. The van der Waals surface area contributed by atoms with Crippen molar-refractivity contribution in [3.8, 4) is 0 Å². The molecule has 0 aliphatic carbocycles. The number of hydrogen-bond donors (Lipinski definition) is 0. The van der Waals surface area contributed by atoms with Crippen LogP contribution in [0.2, 0.25) is 0 Å². The molecule has 22 heavy (non-hydrogen) atoms. The lowest BCUT2D eigenvalue weighted by molar-refractivity contribution is 0.590. The van der Waals surface area contributed by atoms with Gasteiger partial charge in [-0.25, -0.2) is 22.1 Å². The van der Waals surface area contributed by atoms with Crippen LogP contribution >= 0.6 is 0 Å². The molecule has 112 valence electrons. The molecule has 3 aromatic rings. The Hall–Kier alpha value is -2.41. The van der Waals surface area contributed by atoms with Gasteiger partial charge >= 0.3 is 0 Å². The van der Waals surface area contributed by atoms with Crippen molar-refractivity contribution in [2.75, 3.05) is 10.8 Å². The van der Waals surface area contributed by atoms with Crippen molar-refractivity contribution < 1.29 is 12.8 Å². The van der Waals surface area contributed by atoms with E-state index in [2.05, 4.69) is 4.98 Å². The second-order valence-corrected chi connectivity index (χ2v) is 6.95. The van der Waals surface area contributed by atoms with Gasteiger partial charge in [0.05, 0.1) is 22.5 Å². The van der Waals surface area contributed by atoms with Gasteiger partial charge in [0.1, 0.15) is 5.82 Å². The first-order valence-electron chi connectivity index (χ1n) is 6.81. The summed E-state index contributed by atoms with van der Waals surface area (Å²) in [5.74, 6) is -0.0573. The van der Waals surface area contributed by atoms with E-state index in [0.29, 0.717) is 19.0 Å². The zero-order chi connectivity index (χ0) is 15.3. The molecule has 2 aromatic carbocycles. The van der Waals surface area contributed by atoms with Crippen molar-refractivity contribution in [2.45, 2.75) is 11.4 Å². The minimum atomic E-state index is -3.73. The predicted octanol–water partition coefficient (Wildman–Crippen LogP) is 2.38. The number of hydrogen-bond acceptors (Lipinski definition) is 3. The summed E-state index contributed by atoms with van der Waals surface area (Å²) in [4.78, 5) is 4.48. The minimum absolute atomic E-state index is 0.0643. The van der Waals surface area contributed by atoms with E-state index in [4.69, 9.17) is 0 Å².